The molecule has 0 saturated heterocycles. The molecule has 0 unspecified atom stereocenters. The predicted molar refractivity (Wildman–Crippen MR) is 134 cm³/mol. The van der Waals surface area contributed by atoms with Gasteiger partial charge in [-0.3, -0.25) is 4.31 Å². The zero-order chi connectivity index (χ0) is 27.0. The molecular formula is C25H19ClF4N4O2S. The van der Waals surface area contributed by atoms with E-state index in [1.807, 2.05) is 0 Å². The van der Waals surface area contributed by atoms with Crippen LogP contribution in [0.3, 0.4) is 0 Å². The summed E-state index contributed by atoms with van der Waals surface area (Å²) in [5, 5.41) is 3.86. The number of alkyl halides is 3. The Labute approximate surface area is 215 Å². The number of azide groups is 1. The number of sulfonamides is 1. The van der Waals surface area contributed by atoms with E-state index in [1.165, 1.54) is 12.1 Å². The van der Waals surface area contributed by atoms with Gasteiger partial charge in [-0.05, 0) is 72.0 Å². The van der Waals surface area contributed by atoms with Gasteiger partial charge in [-0.25, -0.2) is 12.8 Å². The van der Waals surface area contributed by atoms with Crippen molar-refractivity contribution in [1.29, 1.82) is 0 Å². The van der Waals surface area contributed by atoms with Crippen LogP contribution < -0.4 is 4.31 Å². The van der Waals surface area contributed by atoms with Crippen molar-refractivity contribution in [1.82, 2.24) is 0 Å². The summed E-state index contributed by atoms with van der Waals surface area (Å²) >= 11 is 6.16. The van der Waals surface area contributed by atoms with Crippen LogP contribution in [0, 0.1) is 5.82 Å². The Balaban J connectivity index is 1.83. The number of anilines is 1. The first-order valence-electron chi connectivity index (χ1n) is 10.9. The van der Waals surface area contributed by atoms with Crippen LogP contribution in [0.25, 0.3) is 22.1 Å². The van der Waals surface area contributed by atoms with Gasteiger partial charge in [0.25, 0.3) is 10.0 Å². The number of hydrogen-bond acceptors (Lipinski definition) is 3. The number of allylic oxidation sites excluding steroid dienone is 1. The van der Waals surface area contributed by atoms with E-state index in [-0.39, 0.29) is 29.2 Å². The zero-order valence-corrected chi connectivity index (χ0v) is 20.8. The van der Waals surface area contributed by atoms with Crippen molar-refractivity contribution in [2.24, 2.45) is 5.11 Å². The van der Waals surface area contributed by atoms with Crippen LogP contribution in [0.4, 0.5) is 23.2 Å². The molecule has 0 amide bonds. The maximum atomic E-state index is 14.4. The lowest BCUT2D eigenvalue weighted by Gasteiger charge is -2.34. The van der Waals surface area contributed by atoms with Gasteiger partial charge in [0, 0.05) is 17.0 Å². The molecule has 0 N–H and O–H groups in total. The van der Waals surface area contributed by atoms with Crippen LogP contribution in [0.15, 0.2) is 70.7 Å². The molecule has 3 aromatic rings. The second-order valence-corrected chi connectivity index (χ2v) is 10.7. The summed E-state index contributed by atoms with van der Waals surface area (Å²) in [6, 6.07) is 11.9. The maximum Gasteiger partial charge on any atom is 0.416 e. The zero-order valence-electron chi connectivity index (χ0n) is 19.2. The molecule has 0 spiro atoms. The fraction of sp³-hybridized carbons (Fsp3) is 0.200. The molecule has 0 aromatic heterocycles. The normalized spacial score (nSPS) is 16.2. The van der Waals surface area contributed by atoms with Gasteiger partial charge in [-0.1, -0.05) is 47.1 Å². The Hall–Kier alpha value is -3.53. The predicted octanol–water partition coefficient (Wildman–Crippen LogP) is 7.49. The van der Waals surface area contributed by atoms with Gasteiger partial charge in [-0.2, -0.15) is 13.2 Å². The minimum Gasteiger partial charge on any atom is -0.266 e. The van der Waals surface area contributed by atoms with Crippen molar-refractivity contribution in [3.8, 4) is 0 Å². The molecule has 192 valence electrons. The molecule has 37 heavy (non-hydrogen) atoms. The maximum absolute atomic E-state index is 14.4. The third-order valence-electron chi connectivity index (χ3n) is 5.91. The fourth-order valence-electron chi connectivity index (χ4n) is 4.22. The largest absolute Gasteiger partial charge is 0.416 e. The highest BCUT2D eigenvalue weighted by molar-refractivity contribution is 7.92. The van der Waals surface area contributed by atoms with Crippen LogP contribution >= 0.6 is 11.6 Å². The van der Waals surface area contributed by atoms with E-state index < -0.39 is 38.5 Å². The van der Waals surface area contributed by atoms with Gasteiger partial charge >= 0.3 is 6.18 Å². The van der Waals surface area contributed by atoms with E-state index in [9.17, 15) is 26.0 Å². The van der Waals surface area contributed by atoms with Crippen molar-refractivity contribution in [2.45, 2.75) is 30.5 Å². The van der Waals surface area contributed by atoms with Crippen LogP contribution in [0.2, 0.25) is 5.02 Å². The van der Waals surface area contributed by atoms with Gasteiger partial charge in [-0.15, -0.1) is 0 Å². The minimum absolute atomic E-state index is 0.193. The molecule has 4 rings (SSSR count). The first-order chi connectivity index (χ1) is 17.4. The number of hydrogen-bond donors (Lipinski definition) is 0. The summed E-state index contributed by atoms with van der Waals surface area (Å²) in [7, 11) is -4.47. The summed E-state index contributed by atoms with van der Waals surface area (Å²) in [4.78, 5) is 2.22. The average Bonchev–Trinajstić information content (AvgIpc) is 2.83. The van der Waals surface area contributed by atoms with E-state index in [0.29, 0.717) is 22.8 Å². The number of nitrogens with zero attached hydrogens (tertiary/aromatic N) is 4. The Kier molecular flexibility index (Phi) is 7.23. The highest BCUT2D eigenvalue weighted by atomic mass is 35.5. The van der Waals surface area contributed by atoms with Crippen molar-refractivity contribution >= 4 is 39.0 Å². The average molecular weight is 551 g/mol. The number of fused-ring (bicyclic) bond motifs is 1. The lowest BCUT2D eigenvalue weighted by Crippen LogP contribution is -2.41. The van der Waals surface area contributed by atoms with Gasteiger partial charge in [0.1, 0.15) is 5.82 Å². The second kappa shape index (κ2) is 10.1. The summed E-state index contributed by atoms with van der Waals surface area (Å²) in [6.07, 6.45) is -2.88. The monoisotopic (exact) mass is 550 g/mol. The molecule has 0 aliphatic carbocycles. The SMILES string of the molecule is C/C(=C\c1ccc2c(c1)N(S(=O)(=O)c1cccc(C(F)(F)F)c1)C[C@H](N=[N+]=[N-])C2)c1c(F)cccc1Cl. The van der Waals surface area contributed by atoms with Crippen LogP contribution in [-0.4, -0.2) is 21.0 Å². The van der Waals surface area contributed by atoms with Crippen molar-refractivity contribution < 1.29 is 26.0 Å². The lowest BCUT2D eigenvalue weighted by molar-refractivity contribution is -0.137. The van der Waals surface area contributed by atoms with Crippen LogP contribution in [0.1, 0.15) is 29.2 Å². The summed E-state index contributed by atoms with van der Waals surface area (Å²) in [6.45, 7) is 1.39. The van der Waals surface area contributed by atoms with Crippen molar-refractivity contribution in [2.75, 3.05) is 10.8 Å². The number of halogens is 5. The molecule has 1 heterocycles. The lowest BCUT2D eigenvalue weighted by atomic mass is 9.97. The first-order valence-corrected chi connectivity index (χ1v) is 12.7. The van der Waals surface area contributed by atoms with Crippen LogP contribution in [0.5, 0.6) is 0 Å². The highest BCUT2D eigenvalue weighted by Gasteiger charge is 2.36. The summed E-state index contributed by atoms with van der Waals surface area (Å²) < 4.78 is 82.3. The molecule has 1 atom stereocenters. The van der Waals surface area contributed by atoms with E-state index in [0.717, 1.165) is 22.5 Å². The summed E-state index contributed by atoms with van der Waals surface area (Å²) in [5.41, 5.74) is 9.75. The smallest absolute Gasteiger partial charge is 0.266 e. The molecule has 1 aliphatic rings. The van der Waals surface area contributed by atoms with Crippen molar-refractivity contribution in [3.05, 3.63) is 104 Å². The molecular weight excluding hydrogens is 532 g/mol. The van der Waals surface area contributed by atoms with E-state index >= 15 is 0 Å². The van der Waals surface area contributed by atoms with Gasteiger partial charge in [0.05, 0.1) is 27.2 Å². The first kappa shape index (κ1) is 26.5. The molecule has 0 radical (unpaired) electrons. The second-order valence-electron chi connectivity index (χ2n) is 8.44. The quantitative estimate of drug-likeness (QED) is 0.108. The van der Waals surface area contributed by atoms with Crippen molar-refractivity contribution in [3.63, 3.8) is 0 Å². The van der Waals surface area contributed by atoms with Gasteiger partial charge < -0.3 is 0 Å². The topological polar surface area (TPSA) is 86.1 Å². The molecule has 0 fully saturated rings. The Morgan fingerprint density at radius 1 is 1.16 bits per heavy atom. The standard InChI is InChI=1S/C25H19ClF4N4O2S/c1-15(24-21(26)6-3-7-22(24)27)10-16-8-9-17-12-19(32-33-31)14-34(23(17)11-16)37(35,36)20-5-2-4-18(13-20)25(28,29)30/h2-11,13,19H,12,14H2,1H3/b15-10+/t19-/m1/s1. The summed E-state index contributed by atoms with van der Waals surface area (Å²) in [5.74, 6) is -0.523. The molecule has 6 nitrogen and oxygen atoms in total. The van der Waals surface area contributed by atoms with E-state index in [2.05, 4.69) is 10.0 Å². The fourth-order valence-corrected chi connectivity index (χ4v) is 6.11. The van der Waals surface area contributed by atoms with Gasteiger partial charge in [0.2, 0.25) is 0 Å². The number of rotatable bonds is 5. The molecule has 0 saturated carbocycles. The van der Waals surface area contributed by atoms with Crippen LogP contribution in [-0.2, 0) is 22.6 Å². The molecule has 0 bridgehead atoms. The molecule has 3 aromatic carbocycles. The Morgan fingerprint density at radius 3 is 2.57 bits per heavy atom. The molecule has 12 heteroatoms. The third-order valence-corrected chi connectivity index (χ3v) is 8.01. The minimum atomic E-state index is -4.73. The van der Waals surface area contributed by atoms with Gasteiger partial charge in [0.15, 0.2) is 0 Å². The Morgan fingerprint density at radius 2 is 1.89 bits per heavy atom. The van der Waals surface area contributed by atoms with E-state index in [1.54, 1.807) is 37.3 Å². The number of benzene rings is 3. The third kappa shape index (κ3) is 5.44. The highest BCUT2D eigenvalue weighted by Crippen LogP contribution is 2.37. The Bertz CT molecular complexity index is 1530. The molecule has 1 aliphatic heterocycles. The van der Waals surface area contributed by atoms with E-state index in [4.69, 9.17) is 17.1 Å².